The highest BCUT2D eigenvalue weighted by Gasteiger charge is 2.11. The Balaban J connectivity index is 2.28. The standard InChI is InChI=1S/C11H14FN5/c1-8(2)13-7-11-14-15-16-17(11)10-6-4-3-5-9(10)12/h3-6,8,13H,7H2,1-2H3. The summed E-state index contributed by atoms with van der Waals surface area (Å²) in [5.74, 6) is 0.245. The van der Waals surface area contributed by atoms with Gasteiger partial charge in [-0.1, -0.05) is 26.0 Å². The number of benzene rings is 1. The number of aromatic nitrogens is 4. The average Bonchev–Trinajstić information content (AvgIpc) is 2.75. The lowest BCUT2D eigenvalue weighted by atomic mass is 10.3. The maximum absolute atomic E-state index is 13.6. The Morgan fingerprint density at radius 1 is 1.35 bits per heavy atom. The van der Waals surface area contributed by atoms with Gasteiger partial charge in [-0.3, -0.25) is 0 Å². The van der Waals surface area contributed by atoms with Crippen LogP contribution in [0.15, 0.2) is 24.3 Å². The van der Waals surface area contributed by atoms with Gasteiger partial charge in [-0.25, -0.2) is 4.39 Å². The van der Waals surface area contributed by atoms with Crippen LogP contribution >= 0.6 is 0 Å². The highest BCUT2D eigenvalue weighted by atomic mass is 19.1. The maximum Gasteiger partial charge on any atom is 0.170 e. The van der Waals surface area contributed by atoms with E-state index in [4.69, 9.17) is 0 Å². The second kappa shape index (κ2) is 5.01. The summed E-state index contributed by atoms with van der Waals surface area (Å²) in [6.07, 6.45) is 0. The number of rotatable bonds is 4. The van der Waals surface area contributed by atoms with E-state index in [9.17, 15) is 4.39 Å². The number of para-hydroxylation sites is 1. The van der Waals surface area contributed by atoms with Crippen molar-refractivity contribution in [3.8, 4) is 5.69 Å². The lowest BCUT2D eigenvalue weighted by Crippen LogP contribution is -2.24. The van der Waals surface area contributed by atoms with Crippen LogP contribution in [0.1, 0.15) is 19.7 Å². The SMILES string of the molecule is CC(C)NCc1nnnn1-c1ccccc1F. The molecule has 0 amide bonds. The average molecular weight is 235 g/mol. The van der Waals surface area contributed by atoms with Crippen molar-refractivity contribution in [2.45, 2.75) is 26.4 Å². The van der Waals surface area contributed by atoms with Crippen molar-refractivity contribution in [2.75, 3.05) is 0 Å². The number of tetrazole rings is 1. The van der Waals surface area contributed by atoms with Crippen molar-refractivity contribution < 1.29 is 4.39 Å². The van der Waals surface area contributed by atoms with Gasteiger partial charge in [0.2, 0.25) is 0 Å². The summed E-state index contributed by atoms with van der Waals surface area (Å²) in [6, 6.07) is 6.73. The Labute approximate surface area is 98.6 Å². The highest BCUT2D eigenvalue weighted by molar-refractivity contribution is 5.32. The van der Waals surface area contributed by atoms with Gasteiger partial charge in [0.05, 0.1) is 6.54 Å². The van der Waals surface area contributed by atoms with E-state index < -0.39 is 0 Å². The van der Waals surface area contributed by atoms with Gasteiger partial charge in [0.15, 0.2) is 5.82 Å². The minimum Gasteiger partial charge on any atom is -0.308 e. The molecule has 6 heteroatoms. The molecule has 0 aliphatic heterocycles. The van der Waals surface area contributed by atoms with Gasteiger partial charge in [0.25, 0.3) is 0 Å². The zero-order valence-electron chi connectivity index (χ0n) is 9.76. The number of halogens is 1. The lowest BCUT2D eigenvalue weighted by molar-refractivity contribution is 0.555. The molecule has 5 nitrogen and oxygen atoms in total. The van der Waals surface area contributed by atoms with Crippen LogP contribution < -0.4 is 5.32 Å². The van der Waals surface area contributed by atoms with E-state index in [2.05, 4.69) is 20.8 Å². The zero-order chi connectivity index (χ0) is 12.3. The summed E-state index contributed by atoms with van der Waals surface area (Å²) < 4.78 is 15.0. The normalized spacial score (nSPS) is 11.1. The molecule has 2 rings (SSSR count). The predicted octanol–water partition coefficient (Wildman–Crippen LogP) is 1.30. The van der Waals surface area contributed by atoms with Crippen LogP contribution in [0.5, 0.6) is 0 Å². The van der Waals surface area contributed by atoms with Gasteiger partial charge in [-0.15, -0.1) is 5.10 Å². The van der Waals surface area contributed by atoms with Crippen LogP contribution in [-0.2, 0) is 6.54 Å². The first-order valence-corrected chi connectivity index (χ1v) is 5.44. The molecule has 1 aromatic carbocycles. The molecule has 0 saturated carbocycles. The van der Waals surface area contributed by atoms with E-state index in [0.29, 0.717) is 24.1 Å². The Morgan fingerprint density at radius 2 is 2.12 bits per heavy atom. The molecule has 90 valence electrons. The minimum absolute atomic E-state index is 0.320. The van der Waals surface area contributed by atoms with E-state index >= 15 is 0 Å². The molecule has 2 aromatic rings. The van der Waals surface area contributed by atoms with Crippen LogP contribution in [0.3, 0.4) is 0 Å². The first-order valence-electron chi connectivity index (χ1n) is 5.44. The van der Waals surface area contributed by atoms with Crippen LogP contribution in [0.4, 0.5) is 4.39 Å². The second-order valence-corrected chi connectivity index (χ2v) is 3.99. The van der Waals surface area contributed by atoms with E-state index in [-0.39, 0.29) is 5.82 Å². The van der Waals surface area contributed by atoms with Crippen molar-refractivity contribution >= 4 is 0 Å². The van der Waals surface area contributed by atoms with Gasteiger partial charge in [0, 0.05) is 6.04 Å². The highest BCUT2D eigenvalue weighted by Crippen LogP contribution is 2.12. The number of hydrogen-bond donors (Lipinski definition) is 1. The van der Waals surface area contributed by atoms with Crippen LogP contribution in [0, 0.1) is 5.82 Å². The third-order valence-electron chi connectivity index (χ3n) is 2.28. The summed E-state index contributed by atoms with van der Waals surface area (Å²) in [6.45, 7) is 4.55. The van der Waals surface area contributed by atoms with Crippen molar-refractivity contribution in [1.29, 1.82) is 0 Å². The molecular formula is C11H14FN5. The first kappa shape index (κ1) is 11.7. The molecule has 0 saturated heterocycles. The predicted molar refractivity (Wildman–Crippen MR) is 61.1 cm³/mol. The lowest BCUT2D eigenvalue weighted by Gasteiger charge is -2.08. The summed E-state index contributed by atoms with van der Waals surface area (Å²) in [4.78, 5) is 0. The third kappa shape index (κ3) is 2.65. The van der Waals surface area contributed by atoms with Crippen LogP contribution in [0.2, 0.25) is 0 Å². The fourth-order valence-electron chi connectivity index (χ4n) is 1.42. The van der Waals surface area contributed by atoms with Crippen molar-refractivity contribution in [1.82, 2.24) is 25.5 Å². The van der Waals surface area contributed by atoms with Crippen molar-refractivity contribution in [3.63, 3.8) is 0 Å². The number of nitrogens with zero attached hydrogens (tertiary/aromatic N) is 4. The topological polar surface area (TPSA) is 55.6 Å². The van der Waals surface area contributed by atoms with Gasteiger partial charge in [-0.05, 0) is 22.6 Å². The summed E-state index contributed by atoms with van der Waals surface area (Å²) in [7, 11) is 0. The molecule has 0 spiro atoms. The first-order chi connectivity index (χ1) is 8.18. The van der Waals surface area contributed by atoms with Crippen LogP contribution in [0.25, 0.3) is 5.69 Å². The van der Waals surface area contributed by atoms with E-state index in [0.717, 1.165) is 0 Å². The van der Waals surface area contributed by atoms with E-state index in [1.165, 1.54) is 10.7 Å². The molecule has 0 aliphatic carbocycles. The molecule has 0 radical (unpaired) electrons. The molecule has 17 heavy (non-hydrogen) atoms. The minimum atomic E-state index is -0.342. The van der Waals surface area contributed by atoms with Crippen molar-refractivity contribution in [3.05, 3.63) is 35.9 Å². The summed E-state index contributed by atoms with van der Waals surface area (Å²) >= 11 is 0. The second-order valence-electron chi connectivity index (χ2n) is 3.99. The molecule has 0 aliphatic rings. The monoisotopic (exact) mass is 235 g/mol. The molecule has 0 fully saturated rings. The van der Waals surface area contributed by atoms with Crippen molar-refractivity contribution in [2.24, 2.45) is 0 Å². The molecule has 0 bridgehead atoms. The Morgan fingerprint density at radius 3 is 2.82 bits per heavy atom. The fraction of sp³-hybridized carbons (Fsp3) is 0.364. The molecule has 1 heterocycles. The summed E-state index contributed by atoms with van der Waals surface area (Å²) in [5.41, 5.74) is 0.359. The third-order valence-corrected chi connectivity index (χ3v) is 2.28. The number of nitrogens with one attached hydrogen (secondary N) is 1. The Kier molecular flexibility index (Phi) is 3.43. The van der Waals surface area contributed by atoms with Gasteiger partial charge >= 0.3 is 0 Å². The molecular weight excluding hydrogens is 221 g/mol. The largest absolute Gasteiger partial charge is 0.308 e. The number of hydrogen-bond acceptors (Lipinski definition) is 4. The Bertz CT molecular complexity index is 494. The maximum atomic E-state index is 13.6. The van der Waals surface area contributed by atoms with Crippen LogP contribution in [-0.4, -0.2) is 26.2 Å². The molecule has 0 atom stereocenters. The van der Waals surface area contributed by atoms with E-state index in [1.54, 1.807) is 18.2 Å². The molecule has 1 aromatic heterocycles. The fourth-order valence-corrected chi connectivity index (χ4v) is 1.42. The van der Waals surface area contributed by atoms with Gasteiger partial charge < -0.3 is 5.32 Å². The zero-order valence-corrected chi connectivity index (χ0v) is 9.76. The van der Waals surface area contributed by atoms with Gasteiger partial charge in [0.1, 0.15) is 11.5 Å². The van der Waals surface area contributed by atoms with E-state index in [1.807, 2.05) is 13.8 Å². The Hall–Kier alpha value is -1.82. The molecule has 1 N–H and O–H groups in total. The quantitative estimate of drug-likeness (QED) is 0.867. The molecule has 0 unspecified atom stereocenters. The van der Waals surface area contributed by atoms with Gasteiger partial charge in [-0.2, -0.15) is 4.68 Å². The summed E-state index contributed by atoms with van der Waals surface area (Å²) in [5, 5.41) is 14.4. The smallest absolute Gasteiger partial charge is 0.170 e.